The number of nitrogens with zero attached hydrogens (tertiary/aromatic N) is 1. The standard InChI is InChI=1S/C60H81N13O14S2/c1-34(2)24-43(56(83)67-41(52(62)79)20-22-88-4)66-49(74)32-64-54(81)44(27-38-18-16-35(3)17-19-38)69-57(84)45(25-36-12-8-6-9-13-36)70-58(85)46(26-37-14-10-7-11-15-37)71-60(87)48(30-51(77)78)73-59(86)47(28-39-31-63-33-65-39)72-55(82)42(21-23-89-5)68-53(80)40(61)29-50(75)76/h6-19,31,33-34,40-48H,20-30,32,61H2,1-5H3,(H2,62,79)(H,63,65)(H,64,81)(H,66,74)(H,67,83)(H,68,80)(H,69,84)(H,70,85)(H,71,87)(H,72,82)(H,73,86)(H,75,76)(H,77,78)/t40-,41-,42-,43-,44-,45-,46-,47-,48-/m0/s1. The highest BCUT2D eigenvalue weighted by molar-refractivity contribution is 7.98. The maximum atomic E-state index is 14.8. The molecule has 10 amide bonds. The highest BCUT2D eigenvalue weighted by Gasteiger charge is 2.36. The molecule has 0 aliphatic carbocycles. The zero-order valence-corrected chi connectivity index (χ0v) is 51.8. The lowest BCUT2D eigenvalue weighted by Gasteiger charge is -2.27. The second-order valence-electron chi connectivity index (χ2n) is 21.5. The second-order valence-corrected chi connectivity index (χ2v) is 23.5. The first-order valence-corrected chi connectivity index (χ1v) is 31.4. The fourth-order valence-electron chi connectivity index (χ4n) is 8.95. The van der Waals surface area contributed by atoms with Gasteiger partial charge in [-0.25, -0.2) is 4.98 Å². The number of carboxylic acids is 2. The van der Waals surface area contributed by atoms with Gasteiger partial charge in [-0.3, -0.25) is 57.5 Å². The van der Waals surface area contributed by atoms with Crippen LogP contribution in [0.2, 0.25) is 0 Å². The first-order chi connectivity index (χ1) is 42.3. The molecule has 29 heteroatoms. The van der Waals surface area contributed by atoms with Crippen molar-refractivity contribution in [1.82, 2.24) is 57.8 Å². The third kappa shape index (κ3) is 26.6. The topological polar surface area (TPSA) is 434 Å². The third-order valence-corrected chi connectivity index (χ3v) is 15.0. The van der Waals surface area contributed by atoms with Crippen LogP contribution in [-0.4, -0.2) is 176 Å². The summed E-state index contributed by atoms with van der Waals surface area (Å²) in [5.74, 6) is -11.1. The Hall–Kier alpha value is -8.83. The zero-order chi connectivity index (χ0) is 65.6. The van der Waals surface area contributed by atoms with Crippen LogP contribution in [0.1, 0.15) is 73.9 Å². The number of nitrogens with one attached hydrogen (secondary N) is 10. The van der Waals surface area contributed by atoms with E-state index in [4.69, 9.17) is 11.5 Å². The van der Waals surface area contributed by atoms with Gasteiger partial charge in [-0.2, -0.15) is 23.5 Å². The molecule has 0 bridgehead atoms. The Morgan fingerprint density at radius 1 is 0.506 bits per heavy atom. The SMILES string of the molecule is CSCC[C@H](NC(=O)[C@H](CC(C)C)NC(=O)CNC(=O)[C@H](Cc1ccc(C)cc1)NC(=O)[C@H](Cc1ccccc1)NC(=O)[C@H](Cc1ccccc1)NC(=O)[C@H](CC(=O)O)NC(=O)[C@H](Cc1cnc[nH]1)NC(=O)[C@H](CCSC)NC(=O)[C@@H](N)CC(=O)O)C(N)=O. The van der Waals surface area contributed by atoms with E-state index in [1.54, 1.807) is 91.2 Å². The summed E-state index contributed by atoms with van der Waals surface area (Å²) in [6.07, 6.45) is 4.05. The zero-order valence-electron chi connectivity index (χ0n) is 50.2. The fourth-order valence-corrected chi connectivity index (χ4v) is 9.90. The molecule has 9 atom stereocenters. The average molecular weight is 1270 g/mol. The van der Waals surface area contributed by atoms with E-state index in [0.717, 1.165) is 5.56 Å². The van der Waals surface area contributed by atoms with Crippen LogP contribution < -0.4 is 59.3 Å². The summed E-state index contributed by atoms with van der Waals surface area (Å²) in [7, 11) is 0. The van der Waals surface area contributed by atoms with Crippen molar-refractivity contribution >= 4 is 94.5 Å². The Balaban J connectivity index is 1.64. The van der Waals surface area contributed by atoms with Crippen molar-refractivity contribution in [2.45, 2.75) is 133 Å². The van der Waals surface area contributed by atoms with Gasteiger partial charge in [0, 0.05) is 37.6 Å². The molecule has 89 heavy (non-hydrogen) atoms. The predicted molar refractivity (Wildman–Crippen MR) is 333 cm³/mol. The van der Waals surface area contributed by atoms with Gasteiger partial charge < -0.3 is 74.5 Å². The minimum atomic E-state index is -1.91. The van der Waals surface area contributed by atoms with Gasteiger partial charge in [0.15, 0.2) is 0 Å². The normalized spacial score (nSPS) is 14.1. The van der Waals surface area contributed by atoms with E-state index in [1.165, 1.54) is 36.0 Å². The van der Waals surface area contributed by atoms with Crippen molar-refractivity contribution in [2.75, 3.05) is 30.6 Å². The molecule has 482 valence electrons. The predicted octanol–water partition coefficient (Wildman–Crippen LogP) is -0.702. The maximum Gasteiger partial charge on any atom is 0.305 e. The average Bonchev–Trinajstić information content (AvgIpc) is 4.20. The summed E-state index contributed by atoms with van der Waals surface area (Å²) in [6, 6.07) is 11.0. The molecule has 16 N–H and O–H groups in total. The molecular formula is C60H81N13O14S2. The molecule has 0 saturated carbocycles. The van der Waals surface area contributed by atoms with Crippen molar-refractivity contribution in [3.63, 3.8) is 0 Å². The van der Waals surface area contributed by atoms with Crippen LogP contribution in [0, 0.1) is 12.8 Å². The van der Waals surface area contributed by atoms with Crippen molar-refractivity contribution < 1.29 is 67.7 Å². The first kappa shape index (κ1) is 72.6. The summed E-state index contributed by atoms with van der Waals surface area (Å²) in [6.45, 7) is 4.87. The number of hydrogen-bond acceptors (Lipinski definition) is 16. The maximum absolute atomic E-state index is 14.8. The molecule has 0 fully saturated rings. The molecule has 1 heterocycles. The Morgan fingerprint density at radius 2 is 0.921 bits per heavy atom. The van der Waals surface area contributed by atoms with Gasteiger partial charge in [0.25, 0.3) is 0 Å². The molecule has 0 unspecified atom stereocenters. The summed E-state index contributed by atoms with van der Waals surface area (Å²) >= 11 is 2.78. The number of amides is 10. The number of carbonyl (C=O) groups excluding carboxylic acids is 10. The molecule has 0 saturated heterocycles. The Labute approximate surface area is 524 Å². The lowest BCUT2D eigenvalue weighted by atomic mass is 10.0. The Bertz CT molecular complexity index is 3020. The second kappa shape index (κ2) is 37.8. The molecule has 1 aromatic heterocycles. The number of benzene rings is 3. The molecule has 4 aromatic rings. The first-order valence-electron chi connectivity index (χ1n) is 28.6. The minimum absolute atomic E-state index is 0.00816. The van der Waals surface area contributed by atoms with Crippen LogP contribution in [-0.2, 0) is 83.2 Å². The number of aliphatic carboxylic acids is 2. The Kier molecular flexibility index (Phi) is 30.8. The van der Waals surface area contributed by atoms with E-state index < -0.39 is 145 Å². The number of imidazole rings is 1. The highest BCUT2D eigenvalue weighted by Crippen LogP contribution is 2.13. The lowest BCUT2D eigenvalue weighted by Crippen LogP contribution is -2.61. The number of hydrogen-bond donors (Lipinski definition) is 14. The minimum Gasteiger partial charge on any atom is -0.481 e. The molecule has 0 aliphatic rings. The molecule has 0 aliphatic heterocycles. The number of carbonyl (C=O) groups is 12. The molecule has 3 aromatic carbocycles. The van der Waals surface area contributed by atoms with E-state index in [1.807, 2.05) is 27.0 Å². The summed E-state index contributed by atoms with van der Waals surface area (Å²) < 4.78 is 0. The van der Waals surface area contributed by atoms with E-state index in [9.17, 15) is 67.7 Å². The third-order valence-electron chi connectivity index (χ3n) is 13.7. The number of rotatable bonds is 39. The number of thioether (sulfide) groups is 2. The quantitative estimate of drug-likeness (QED) is 0.0263. The van der Waals surface area contributed by atoms with E-state index in [0.29, 0.717) is 33.9 Å². The molecule has 0 spiro atoms. The summed E-state index contributed by atoms with van der Waals surface area (Å²) in [4.78, 5) is 169. The number of carboxylic acid groups (broad SMARTS) is 2. The van der Waals surface area contributed by atoms with Crippen molar-refractivity contribution in [3.8, 4) is 0 Å². The van der Waals surface area contributed by atoms with Gasteiger partial charge in [0.2, 0.25) is 59.1 Å². The van der Waals surface area contributed by atoms with Gasteiger partial charge in [0.1, 0.15) is 48.3 Å². The smallest absolute Gasteiger partial charge is 0.305 e. The van der Waals surface area contributed by atoms with Crippen molar-refractivity contribution in [1.29, 1.82) is 0 Å². The fraction of sp³-hybridized carbons (Fsp3) is 0.450. The van der Waals surface area contributed by atoms with E-state index >= 15 is 0 Å². The Morgan fingerprint density at radius 3 is 1.38 bits per heavy atom. The summed E-state index contributed by atoms with van der Waals surface area (Å²) in [5.41, 5.74) is 14.2. The number of H-pyrrole nitrogens is 1. The van der Waals surface area contributed by atoms with Crippen LogP contribution in [0.15, 0.2) is 97.5 Å². The van der Waals surface area contributed by atoms with Gasteiger partial charge in [0.05, 0.1) is 31.8 Å². The van der Waals surface area contributed by atoms with Crippen LogP contribution in [0.3, 0.4) is 0 Å². The van der Waals surface area contributed by atoms with Crippen LogP contribution in [0.25, 0.3) is 0 Å². The van der Waals surface area contributed by atoms with Crippen LogP contribution in [0.4, 0.5) is 0 Å². The molecule has 4 rings (SSSR count). The van der Waals surface area contributed by atoms with E-state index in [2.05, 4.69) is 57.8 Å². The van der Waals surface area contributed by atoms with Crippen LogP contribution >= 0.6 is 23.5 Å². The lowest BCUT2D eigenvalue weighted by molar-refractivity contribution is -0.142. The number of nitrogens with two attached hydrogens (primary N) is 2. The van der Waals surface area contributed by atoms with Gasteiger partial charge in [-0.05, 0) is 72.8 Å². The van der Waals surface area contributed by atoms with Gasteiger partial charge in [-0.15, -0.1) is 0 Å². The largest absolute Gasteiger partial charge is 0.481 e. The van der Waals surface area contributed by atoms with E-state index in [-0.39, 0.29) is 50.9 Å². The molecule has 27 nitrogen and oxygen atoms in total. The number of aromatic nitrogens is 2. The van der Waals surface area contributed by atoms with Gasteiger partial charge >= 0.3 is 11.9 Å². The monoisotopic (exact) mass is 1270 g/mol. The van der Waals surface area contributed by atoms with Gasteiger partial charge in [-0.1, -0.05) is 104 Å². The molecule has 0 radical (unpaired) electrons. The number of primary amides is 1. The number of aryl methyl sites for hydroxylation is 1. The van der Waals surface area contributed by atoms with Crippen LogP contribution in [0.5, 0.6) is 0 Å². The summed E-state index contributed by atoms with van der Waals surface area (Å²) in [5, 5.41) is 42.4. The number of aromatic amines is 1. The van der Waals surface area contributed by atoms with Crippen molar-refractivity contribution in [3.05, 3.63) is 125 Å². The van der Waals surface area contributed by atoms with Crippen molar-refractivity contribution in [2.24, 2.45) is 17.4 Å². The molecular weight excluding hydrogens is 1190 g/mol. The highest BCUT2D eigenvalue weighted by atomic mass is 32.2.